The number of halogens is 4. The smallest absolute Gasteiger partial charge is 0.398 e. The third-order valence-corrected chi connectivity index (χ3v) is 6.63. The van der Waals surface area contributed by atoms with Crippen LogP contribution in [0.25, 0.3) is 0 Å². The van der Waals surface area contributed by atoms with Gasteiger partial charge in [-0.3, -0.25) is 19.2 Å². The maximum atomic E-state index is 13.5. The molecule has 2 aromatic rings. The molecule has 2 aliphatic heterocycles. The number of hydrogen-bond acceptors (Lipinski definition) is 6. The number of aromatic nitrogens is 1. The van der Waals surface area contributed by atoms with Crippen molar-refractivity contribution >= 4 is 17.6 Å². The number of likely N-dealkylation sites (tertiary alicyclic amines) is 1. The molecule has 1 saturated heterocycles. The summed E-state index contributed by atoms with van der Waals surface area (Å²) in [5.41, 5.74) is 9.86. The average molecular weight is 479 g/mol. The number of rotatable bonds is 8. The van der Waals surface area contributed by atoms with Gasteiger partial charge < -0.3 is 16.5 Å². The zero-order valence-electron chi connectivity index (χ0n) is 19.1. The summed E-state index contributed by atoms with van der Waals surface area (Å²) >= 11 is 0. The number of nitrogen functional groups attached to an aromatic ring is 1. The van der Waals surface area contributed by atoms with Crippen LogP contribution in [0.5, 0.6) is 0 Å². The number of nitrogens with zero attached hydrogens (tertiary/aromatic N) is 3. The Morgan fingerprint density at radius 2 is 2.00 bits per heavy atom. The fraction of sp³-hybridized carbons (Fsp3) is 0.500. The van der Waals surface area contributed by atoms with Crippen molar-refractivity contribution in [3.05, 3.63) is 52.8 Å². The number of nitrogens with two attached hydrogens (primary N) is 1. The van der Waals surface area contributed by atoms with Gasteiger partial charge >= 0.3 is 6.18 Å². The Labute approximate surface area is 196 Å². The summed E-state index contributed by atoms with van der Waals surface area (Å²) in [6, 6.07) is 6.13. The van der Waals surface area contributed by atoms with E-state index in [1.807, 2.05) is 6.07 Å². The molecule has 0 saturated carbocycles. The molecule has 1 aromatic heterocycles. The van der Waals surface area contributed by atoms with E-state index in [0.717, 1.165) is 30.9 Å². The highest BCUT2D eigenvalue weighted by Gasteiger charge is 2.41. The Hall–Kier alpha value is -2.72. The van der Waals surface area contributed by atoms with Gasteiger partial charge in [-0.1, -0.05) is 6.07 Å². The molecule has 1 aromatic carbocycles. The van der Waals surface area contributed by atoms with Crippen LogP contribution < -0.4 is 11.1 Å². The van der Waals surface area contributed by atoms with E-state index in [-0.39, 0.29) is 12.7 Å². The lowest BCUT2D eigenvalue weighted by molar-refractivity contribution is -0.155. The zero-order valence-corrected chi connectivity index (χ0v) is 19.1. The van der Waals surface area contributed by atoms with Gasteiger partial charge in [0.2, 0.25) is 0 Å². The lowest BCUT2D eigenvalue weighted by Crippen LogP contribution is -2.54. The van der Waals surface area contributed by atoms with Crippen molar-refractivity contribution in [1.29, 1.82) is 5.41 Å². The van der Waals surface area contributed by atoms with Gasteiger partial charge in [-0.2, -0.15) is 13.2 Å². The lowest BCUT2D eigenvalue weighted by atomic mass is 9.83. The first kappa shape index (κ1) is 24.4. The second-order valence-corrected chi connectivity index (χ2v) is 9.14. The summed E-state index contributed by atoms with van der Waals surface area (Å²) in [6.07, 6.45) is -0.629. The normalized spacial score (nSPS) is 21.7. The molecule has 184 valence electrons. The van der Waals surface area contributed by atoms with Crippen molar-refractivity contribution in [2.45, 2.75) is 44.1 Å². The number of anilines is 2. The molecule has 2 aliphatic rings. The molecule has 1 fully saturated rings. The molecule has 0 radical (unpaired) electrons. The molecule has 0 aliphatic carbocycles. The monoisotopic (exact) mass is 478 g/mol. The highest BCUT2D eigenvalue weighted by molar-refractivity contribution is 5.88. The Balaban J connectivity index is 1.59. The van der Waals surface area contributed by atoms with Crippen molar-refractivity contribution in [1.82, 2.24) is 14.8 Å². The minimum absolute atomic E-state index is 0.238. The summed E-state index contributed by atoms with van der Waals surface area (Å²) in [5.74, 6) is 0. The summed E-state index contributed by atoms with van der Waals surface area (Å²) in [5, 5.41) is 11.2. The summed E-state index contributed by atoms with van der Waals surface area (Å²) in [7, 11) is 0. The number of fused-ring (bicyclic) bond motifs is 1. The standard InChI is InChI=1S/C24H30F4N6/c1-15-9-19-18(4-5-21(30)20(19)10-29)23(34(15)14-24(26,27)28)22-6-3-16(11-31-22)32-17-12-33(13-17)8-2-7-25/h3-6,10-11,15,17,23,29,32H,2,7-9,12-14,30H2,1H3/t15-,23+/m1/s1. The SMILES string of the molecule is C[C@@H]1Cc2c(ccc(N)c2C=N)[C@@H](c2ccc(NC3CN(CCCF)C3)cn2)N1CC(F)(F)F. The maximum Gasteiger partial charge on any atom is 0.401 e. The molecule has 4 N–H and O–H groups in total. The topological polar surface area (TPSA) is 81.3 Å². The van der Waals surface area contributed by atoms with E-state index in [0.29, 0.717) is 35.3 Å². The van der Waals surface area contributed by atoms with Crippen molar-refractivity contribution in [3.8, 4) is 0 Å². The third kappa shape index (κ3) is 5.17. The first-order valence-electron chi connectivity index (χ1n) is 11.4. The van der Waals surface area contributed by atoms with E-state index >= 15 is 0 Å². The molecule has 0 spiro atoms. The number of pyridine rings is 1. The maximum absolute atomic E-state index is 13.5. The number of nitrogens with one attached hydrogen (secondary N) is 2. The molecular formula is C24H30F4N6. The summed E-state index contributed by atoms with van der Waals surface area (Å²) in [4.78, 5) is 8.15. The van der Waals surface area contributed by atoms with Gasteiger partial charge in [0.1, 0.15) is 0 Å². The molecule has 0 bridgehead atoms. The van der Waals surface area contributed by atoms with Crippen molar-refractivity contribution in [2.75, 3.05) is 43.9 Å². The summed E-state index contributed by atoms with van der Waals surface area (Å²) < 4.78 is 52.8. The Kier molecular flexibility index (Phi) is 7.09. The fourth-order valence-corrected chi connectivity index (χ4v) is 5.00. The van der Waals surface area contributed by atoms with Gasteiger partial charge in [0.25, 0.3) is 0 Å². The van der Waals surface area contributed by atoms with Gasteiger partial charge in [0, 0.05) is 43.1 Å². The van der Waals surface area contributed by atoms with Crippen LogP contribution in [0.1, 0.15) is 41.8 Å². The highest BCUT2D eigenvalue weighted by Crippen LogP contribution is 2.41. The van der Waals surface area contributed by atoms with Crippen LogP contribution in [0.4, 0.5) is 28.9 Å². The van der Waals surface area contributed by atoms with Crippen LogP contribution in [0.2, 0.25) is 0 Å². The van der Waals surface area contributed by atoms with Crippen LogP contribution in [0.15, 0.2) is 30.5 Å². The molecule has 10 heteroatoms. The molecule has 2 atom stereocenters. The first-order valence-corrected chi connectivity index (χ1v) is 11.4. The first-order chi connectivity index (χ1) is 16.2. The Morgan fingerprint density at radius 1 is 1.24 bits per heavy atom. The zero-order chi connectivity index (χ0) is 24.5. The van der Waals surface area contributed by atoms with Crippen LogP contribution in [0.3, 0.4) is 0 Å². The Morgan fingerprint density at radius 3 is 2.62 bits per heavy atom. The van der Waals surface area contributed by atoms with Gasteiger partial charge in [-0.25, -0.2) is 0 Å². The quantitative estimate of drug-likeness (QED) is 0.303. The molecule has 34 heavy (non-hydrogen) atoms. The Bertz CT molecular complexity index is 1000. The van der Waals surface area contributed by atoms with Crippen LogP contribution in [0, 0.1) is 5.41 Å². The minimum atomic E-state index is -4.36. The van der Waals surface area contributed by atoms with Crippen LogP contribution >= 0.6 is 0 Å². The number of alkyl halides is 4. The van der Waals surface area contributed by atoms with Crippen molar-refractivity contribution in [2.24, 2.45) is 0 Å². The predicted molar refractivity (Wildman–Crippen MR) is 125 cm³/mol. The van der Waals surface area contributed by atoms with E-state index in [4.69, 9.17) is 11.1 Å². The van der Waals surface area contributed by atoms with Crippen LogP contribution in [-0.4, -0.2) is 72.1 Å². The van der Waals surface area contributed by atoms with E-state index in [1.54, 1.807) is 31.3 Å². The lowest BCUT2D eigenvalue weighted by Gasteiger charge is -2.42. The highest BCUT2D eigenvalue weighted by atomic mass is 19.4. The summed E-state index contributed by atoms with van der Waals surface area (Å²) in [6.45, 7) is 2.77. The molecule has 3 heterocycles. The molecule has 4 rings (SSSR count). The van der Waals surface area contributed by atoms with Gasteiger partial charge in [0.05, 0.1) is 42.9 Å². The van der Waals surface area contributed by atoms with E-state index in [2.05, 4.69) is 15.2 Å². The largest absolute Gasteiger partial charge is 0.401 e. The van der Waals surface area contributed by atoms with Gasteiger partial charge in [-0.15, -0.1) is 0 Å². The third-order valence-electron chi connectivity index (χ3n) is 6.63. The molecule has 0 unspecified atom stereocenters. The van der Waals surface area contributed by atoms with Crippen molar-refractivity contribution in [3.63, 3.8) is 0 Å². The minimum Gasteiger partial charge on any atom is -0.398 e. The van der Waals surface area contributed by atoms with Crippen LogP contribution in [-0.2, 0) is 6.42 Å². The fourth-order valence-electron chi connectivity index (χ4n) is 5.00. The molecular weight excluding hydrogens is 448 g/mol. The second-order valence-electron chi connectivity index (χ2n) is 9.14. The van der Waals surface area contributed by atoms with E-state index in [9.17, 15) is 17.6 Å². The van der Waals surface area contributed by atoms with Crippen molar-refractivity contribution < 1.29 is 17.6 Å². The van der Waals surface area contributed by atoms with Gasteiger partial charge in [-0.05, 0) is 49.1 Å². The number of benzene rings is 1. The number of hydrogen-bond donors (Lipinski definition) is 3. The second kappa shape index (κ2) is 9.87. The van der Waals surface area contributed by atoms with Gasteiger partial charge in [0.15, 0.2) is 0 Å². The predicted octanol–water partition coefficient (Wildman–Crippen LogP) is 4.02. The molecule has 6 nitrogen and oxygen atoms in total. The van der Waals surface area contributed by atoms with E-state index < -0.39 is 24.8 Å². The van der Waals surface area contributed by atoms with E-state index in [1.165, 1.54) is 11.1 Å². The molecule has 0 amide bonds. The average Bonchev–Trinajstić information content (AvgIpc) is 2.75.